The summed E-state index contributed by atoms with van der Waals surface area (Å²) in [6, 6.07) is 7.61. The molecule has 0 aliphatic rings. The summed E-state index contributed by atoms with van der Waals surface area (Å²) < 4.78 is 1.13. The van der Waals surface area contributed by atoms with E-state index in [-0.39, 0.29) is 5.75 Å². The topological polar surface area (TPSA) is 33.1 Å². The van der Waals surface area contributed by atoms with Crippen molar-refractivity contribution in [2.75, 3.05) is 0 Å². The average Bonchev–Trinajstić information content (AvgIpc) is 2.15. The second-order valence-corrected chi connectivity index (χ2v) is 4.13. The molecule has 0 amide bonds. The van der Waals surface area contributed by atoms with Crippen LogP contribution < -0.4 is 0 Å². The molecule has 1 N–H and O–H groups in total. The van der Waals surface area contributed by atoms with Crippen molar-refractivity contribution in [3.63, 3.8) is 0 Å². The molecule has 4 heteroatoms. The average molecular weight is 303 g/mol. The highest BCUT2D eigenvalue weighted by molar-refractivity contribution is 9.11. The fourth-order valence-corrected chi connectivity index (χ4v) is 2.31. The molecule has 0 unspecified atom stereocenters. The number of fused-ring (bicyclic) bond motifs is 1. The van der Waals surface area contributed by atoms with Crippen LogP contribution in [-0.4, -0.2) is 10.1 Å². The Morgan fingerprint density at radius 1 is 1.15 bits per heavy atom. The third-order valence-electron chi connectivity index (χ3n) is 1.76. The molecule has 1 aromatic heterocycles. The Morgan fingerprint density at radius 2 is 1.85 bits per heavy atom. The zero-order valence-electron chi connectivity index (χ0n) is 6.46. The lowest BCUT2D eigenvalue weighted by molar-refractivity contribution is 0.466. The van der Waals surface area contributed by atoms with Gasteiger partial charge in [-0.2, -0.15) is 0 Å². The van der Waals surface area contributed by atoms with Crippen LogP contribution in [0, 0.1) is 0 Å². The Hall–Kier alpha value is -0.610. The van der Waals surface area contributed by atoms with Crippen molar-refractivity contribution >= 4 is 42.8 Å². The zero-order valence-corrected chi connectivity index (χ0v) is 9.63. The minimum Gasteiger partial charge on any atom is -0.504 e. The third-order valence-corrected chi connectivity index (χ3v) is 3.12. The molecular weight excluding hydrogens is 298 g/mol. The molecule has 0 saturated heterocycles. The SMILES string of the molecule is Oc1c(Br)nc2ccccc2c1Br. The highest BCUT2D eigenvalue weighted by Crippen LogP contribution is 2.35. The van der Waals surface area contributed by atoms with Gasteiger partial charge in [0, 0.05) is 5.39 Å². The van der Waals surface area contributed by atoms with Gasteiger partial charge in [-0.25, -0.2) is 4.98 Å². The van der Waals surface area contributed by atoms with E-state index in [1.807, 2.05) is 24.3 Å². The molecule has 1 heterocycles. The van der Waals surface area contributed by atoms with Crippen molar-refractivity contribution in [2.45, 2.75) is 0 Å². The van der Waals surface area contributed by atoms with Gasteiger partial charge in [-0.1, -0.05) is 18.2 Å². The Kier molecular flexibility index (Phi) is 2.26. The van der Waals surface area contributed by atoms with E-state index < -0.39 is 0 Å². The van der Waals surface area contributed by atoms with Crippen molar-refractivity contribution < 1.29 is 5.11 Å². The van der Waals surface area contributed by atoms with E-state index in [1.165, 1.54) is 0 Å². The summed E-state index contributed by atoms with van der Waals surface area (Å²) >= 11 is 6.49. The van der Waals surface area contributed by atoms with Gasteiger partial charge >= 0.3 is 0 Å². The monoisotopic (exact) mass is 301 g/mol. The molecule has 1 aromatic carbocycles. The Balaban J connectivity index is 2.94. The highest BCUT2D eigenvalue weighted by Gasteiger charge is 2.08. The fourth-order valence-electron chi connectivity index (χ4n) is 1.13. The van der Waals surface area contributed by atoms with E-state index in [2.05, 4.69) is 36.8 Å². The number of pyridine rings is 1. The number of aromatic nitrogens is 1. The number of rotatable bonds is 0. The summed E-state index contributed by atoms with van der Waals surface area (Å²) in [5.41, 5.74) is 0.846. The zero-order chi connectivity index (χ0) is 9.42. The van der Waals surface area contributed by atoms with Gasteiger partial charge in [0.05, 0.1) is 9.99 Å². The molecule has 0 aliphatic heterocycles. The number of para-hydroxylation sites is 1. The van der Waals surface area contributed by atoms with E-state index in [0.717, 1.165) is 10.9 Å². The van der Waals surface area contributed by atoms with E-state index >= 15 is 0 Å². The van der Waals surface area contributed by atoms with Crippen molar-refractivity contribution in [2.24, 2.45) is 0 Å². The molecule has 0 bridgehead atoms. The lowest BCUT2D eigenvalue weighted by Crippen LogP contribution is -1.82. The first-order valence-electron chi connectivity index (χ1n) is 3.63. The molecule has 0 aliphatic carbocycles. The lowest BCUT2D eigenvalue weighted by Gasteiger charge is -2.03. The molecule has 0 atom stereocenters. The highest BCUT2D eigenvalue weighted by atomic mass is 79.9. The van der Waals surface area contributed by atoms with Crippen LogP contribution in [0.15, 0.2) is 33.3 Å². The summed E-state index contributed by atoms with van der Waals surface area (Å²) in [5, 5.41) is 10.5. The van der Waals surface area contributed by atoms with Gasteiger partial charge in [0.2, 0.25) is 0 Å². The van der Waals surface area contributed by atoms with Crippen LogP contribution in [0.4, 0.5) is 0 Å². The van der Waals surface area contributed by atoms with Gasteiger partial charge in [-0.05, 0) is 37.9 Å². The van der Waals surface area contributed by atoms with Gasteiger partial charge in [0.1, 0.15) is 4.60 Å². The fraction of sp³-hybridized carbons (Fsp3) is 0. The van der Waals surface area contributed by atoms with Crippen LogP contribution >= 0.6 is 31.9 Å². The van der Waals surface area contributed by atoms with Gasteiger partial charge in [0.15, 0.2) is 5.75 Å². The van der Waals surface area contributed by atoms with Crippen LogP contribution in [0.5, 0.6) is 5.75 Å². The standard InChI is InChI=1S/C9H5Br2NO/c10-7-5-3-1-2-4-6(5)12-9(11)8(7)13/h1-4,13H. The van der Waals surface area contributed by atoms with Crippen LogP contribution in [0.3, 0.4) is 0 Å². The molecule has 13 heavy (non-hydrogen) atoms. The van der Waals surface area contributed by atoms with Gasteiger partial charge in [-0.15, -0.1) is 0 Å². The molecule has 0 radical (unpaired) electrons. The minimum atomic E-state index is 0.138. The molecular formula is C9H5Br2NO. The molecule has 2 nitrogen and oxygen atoms in total. The quantitative estimate of drug-likeness (QED) is 0.756. The van der Waals surface area contributed by atoms with E-state index in [9.17, 15) is 5.11 Å². The molecule has 2 aromatic rings. The van der Waals surface area contributed by atoms with Crippen LogP contribution in [0.25, 0.3) is 10.9 Å². The predicted octanol–water partition coefficient (Wildman–Crippen LogP) is 3.47. The molecule has 0 fully saturated rings. The van der Waals surface area contributed by atoms with E-state index in [1.54, 1.807) is 0 Å². The summed E-state index contributed by atoms with van der Waals surface area (Å²) in [5.74, 6) is 0.138. The van der Waals surface area contributed by atoms with E-state index in [0.29, 0.717) is 9.08 Å². The first kappa shape index (κ1) is 8.97. The third kappa shape index (κ3) is 1.44. The largest absolute Gasteiger partial charge is 0.504 e. The second kappa shape index (κ2) is 3.27. The van der Waals surface area contributed by atoms with Crippen molar-refractivity contribution in [3.05, 3.63) is 33.3 Å². The van der Waals surface area contributed by atoms with Crippen LogP contribution in [0.2, 0.25) is 0 Å². The summed E-state index contributed by atoms with van der Waals surface area (Å²) in [4.78, 5) is 4.17. The van der Waals surface area contributed by atoms with Crippen LogP contribution in [0.1, 0.15) is 0 Å². The maximum atomic E-state index is 9.55. The Morgan fingerprint density at radius 3 is 2.62 bits per heavy atom. The molecule has 0 spiro atoms. The number of nitrogens with zero attached hydrogens (tertiary/aromatic N) is 1. The Bertz CT molecular complexity index is 470. The lowest BCUT2D eigenvalue weighted by atomic mass is 10.2. The summed E-state index contributed by atoms with van der Waals surface area (Å²) in [6.07, 6.45) is 0. The van der Waals surface area contributed by atoms with Gasteiger partial charge in [0.25, 0.3) is 0 Å². The number of aromatic hydroxyl groups is 1. The first-order chi connectivity index (χ1) is 6.20. The van der Waals surface area contributed by atoms with Gasteiger partial charge < -0.3 is 5.11 Å². The van der Waals surface area contributed by atoms with Gasteiger partial charge in [-0.3, -0.25) is 0 Å². The van der Waals surface area contributed by atoms with E-state index in [4.69, 9.17) is 0 Å². The minimum absolute atomic E-state index is 0.138. The smallest absolute Gasteiger partial charge is 0.163 e. The van der Waals surface area contributed by atoms with Crippen LogP contribution in [-0.2, 0) is 0 Å². The normalized spacial score (nSPS) is 10.6. The molecule has 0 saturated carbocycles. The first-order valence-corrected chi connectivity index (χ1v) is 5.21. The predicted molar refractivity (Wildman–Crippen MR) is 58.8 cm³/mol. The molecule has 66 valence electrons. The van der Waals surface area contributed by atoms with Crippen molar-refractivity contribution in [1.29, 1.82) is 0 Å². The summed E-state index contributed by atoms with van der Waals surface area (Å²) in [7, 11) is 0. The maximum Gasteiger partial charge on any atom is 0.163 e. The molecule has 2 rings (SSSR count). The van der Waals surface area contributed by atoms with Crippen molar-refractivity contribution in [3.8, 4) is 5.75 Å². The number of benzene rings is 1. The number of hydrogen-bond donors (Lipinski definition) is 1. The second-order valence-electron chi connectivity index (χ2n) is 2.58. The number of hydrogen-bond acceptors (Lipinski definition) is 2. The Labute approximate surface area is 91.9 Å². The maximum absolute atomic E-state index is 9.55. The van der Waals surface area contributed by atoms with Crippen molar-refractivity contribution in [1.82, 2.24) is 4.98 Å². The summed E-state index contributed by atoms with van der Waals surface area (Å²) in [6.45, 7) is 0. The number of halogens is 2.